The third-order valence-corrected chi connectivity index (χ3v) is 5.23. The molecule has 0 saturated carbocycles. The van der Waals surface area contributed by atoms with Crippen LogP contribution in [0, 0.1) is 11.3 Å². The van der Waals surface area contributed by atoms with Crippen LogP contribution in [0.2, 0.25) is 0 Å². The van der Waals surface area contributed by atoms with Gasteiger partial charge in [-0.2, -0.15) is 0 Å². The molecule has 154 valence electrons. The van der Waals surface area contributed by atoms with Crippen molar-refractivity contribution in [1.29, 1.82) is 0 Å². The lowest BCUT2D eigenvalue weighted by atomic mass is 9.84. The standard InChI is InChI=1S/C19H31N3O4.HI/c23-8-5-19(6-11-25-15-19)14-22-18(21-12-16-4-10-24-13-16)20-7-3-17-2-1-9-26-17;/h1-2,9,16,23H,3-8,10-15H2,(H2,20,21,22);1H. The Balaban J connectivity index is 0.00000261. The van der Waals surface area contributed by atoms with E-state index in [1.165, 1.54) is 0 Å². The number of hydrogen-bond donors (Lipinski definition) is 3. The van der Waals surface area contributed by atoms with Gasteiger partial charge in [0, 0.05) is 50.7 Å². The zero-order valence-electron chi connectivity index (χ0n) is 15.8. The highest BCUT2D eigenvalue weighted by atomic mass is 127. The first kappa shape index (κ1) is 22.4. The van der Waals surface area contributed by atoms with Crippen molar-refractivity contribution in [3.8, 4) is 0 Å². The van der Waals surface area contributed by atoms with Gasteiger partial charge in [0.15, 0.2) is 5.96 Å². The fourth-order valence-electron chi connectivity index (χ4n) is 3.45. The Labute approximate surface area is 178 Å². The van der Waals surface area contributed by atoms with E-state index in [1.807, 2.05) is 12.1 Å². The van der Waals surface area contributed by atoms with E-state index in [1.54, 1.807) is 6.26 Å². The summed E-state index contributed by atoms with van der Waals surface area (Å²) in [7, 11) is 0. The Bertz CT molecular complexity index is 541. The predicted octanol–water partition coefficient (Wildman–Crippen LogP) is 1.80. The molecule has 0 aliphatic carbocycles. The first-order chi connectivity index (χ1) is 12.8. The van der Waals surface area contributed by atoms with Crippen molar-refractivity contribution >= 4 is 29.9 Å². The number of ether oxygens (including phenoxy) is 2. The molecule has 8 heteroatoms. The summed E-state index contributed by atoms with van der Waals surface area (Å²) in [4.78, 5) is 4.81. The molecule has 0 amide bonds. The van der Waals surface area contributed by atoms with Crippen molar-refractivity contribution in [2.24, 2.45) is 16.3 Å². The highest BCUT2D eigenvalue weighted by Gasteiger charge is 2.34. The van der Waals surface area contributed by atoms with Crippen molar-refractivity contribution in [3.05, 3.63) is 24.2 Å². The Morgan fingerprint density at radius 3 is 2.89 bits per heavy atom. The van der Waals surface area contributed by atoms with Crippen molar-refractivity contribution in [1.82, 2.24) is 10.6 Å². The highest BCUT2D eigenvalue weighted by Crippen LogP contribution is 2.32. The zero-order chi connectivity index (χ0) is 18.1. The summed E-state index contributed by atoms with van der Waals surface area (Å²) >= 11 is 0. The second kappa shape index (κ2) is 11.9. The number of furan rings is 1. The van der Waals surface area contributed by atoms with Gasteiger partial charge in [-0.1, -0.05) is 0 Å². The number of nitrogens with zero attached hydrogens (tertiary/aromatic N) is 1. The first-order valence-corrected chi connectivity index (χ1v) is 9.61. The minimum atomic E-state index is -0.0408. The van der Waals surface area contributed by atoms with E-state index in [0.717, 1.165) is 70.3 Å². The summed E-state index contributed by atoms with van der Waals surface area (Å²) in [6, 6.07) is 3.88. The molecule has 3 heterocycles. The summed E-state index contributed by atoms with van der Waals surface area (Å²) in [6.07, 6.45) is 5.28. The van der Waals surface area contributed by atoms with Gasteiger partial charge in [0.05, 0.1) is 26.0 Å². The van der Waals surface area contributed by atoms with Gasteiger partial charge in [0.2, 0.25) is 0 Å². The minimum Gasteiger partial charge on any atom is -0.469 e. The summed E-state index contributed by atoms with van der Waals surface area (Å²) < 4.78 is 16.4. The lowest BCUT2D eigenvalue weighted by Crippen LogP contribution is -2.42. The number of hydrogen-bond acceptors (Lipinski definition) is 5. The molecule has 0 bridgehead atoms. The Hall–Kier alpha value is -0.840. The molecule has 1 aromatic rings. The summed E-state index contributed by atoms with van der Waals surface area (Å²) in [5, 5.41) is 16.2. The van der Waals surface area contributed by atoms with Crippen LogP contribution in [-0.4, -0.2) is 63.7 Å². The summed E-state index contributed by atoms with van der Waals surface area (Å²) in [6.45, 7) is 5.53. The molecule has 27 heavy (non-hydrogen) atoms. The van der Waals surface area contributed by atoms with Gasteiger partial charge in [-0.3, -0.25) is 4.99 Å². The van der Waals surface area contributed by atoms with Gasteiger partial charge < -0.3 is 29.6 Å². The molecule has 2 fully saturated rings. The lowest BCUT2D eigenvalue weighted by Gasteiger charge is -2.25. The van der Waals surface area contributed by atoms with Crippen molar-refractivity contribution in [3.63, 3.8) is 0 Å². The largest absolute Gasteiger partial charge is 0.469 e. The van der Waals surface area contributed by atoms with E-state index >= 15 is 0 Å². The molecule has 7 nitrogen and oxygen atoms in total. The summed E-state index contributed by atoms with van der Waals surface area (Å²) in [5.41, 5.74) is -0.0408. The monoisotopic (exact) mass is 493 g/mol. The molecule has 2 atom stereocenters. The molecule has 1 aromatic heterocycles. The van der Waals surface area contributed by atoms with E-state index in [-0.39, 0.29) is 36.0 Å². The number of guanidine groups is 1. The minimum absolute atomic E-state index is 0. The summed E-state index contributed by atoms with van der Waals surface area (Å²) in [5.74, 6) is 2.31. The van der Waals surface area contributed by atoms with Crippen molar-refractivity contribution in [2.45, 2.75) is 25.7 Å². The molecule has 0 aromatic carbocycles. The van der Waals surface area contributed by atoms with Crippen LogP contribution in [0.4, 0.5) is 0 Å². The fourth-order valence-corrected chi connectivity index (χ4v) is 3.45. The van der Waals surface area contributed by atoms with Crippen LogP contribution < -0.4 is 10.6 Å². The van der Waals surface area contributed by atoms with Crippen molar-refractivity contribution < 1.29 is 19.0 Å². The van der Waals surface area contributed by atoms with Crippen LogP contribution in [0.1, 0.15) is 25.0 Å². The number of nitrogens with one attached hydrogen (secondary N) is 2. The fraction of sp³-hybridized carbons (Fsp3) is 0.737. The molecule has 0 spiro atoms. The first-order valence-electron chi connectivity index (χ1n) is 9.61. The van der Waals surface area contributed by atoms with Crippen molar-refractivity contribution in [2.75, 3.05) is 52.7 Å². The highest BCUT2D eigenvalue weighted by molar-refractivity contribution is 14.0. The lowest BCUT2D eigenvalue weighted by molar-refractivity contribution is 0.131. The van der Waals surface area contributed by atoms with E-state index < -0.39 is 0 Å². The zero-order valence-corrected chi connectivity index (χ0v) is 18.2. The van der Waals surface area contributed by atoms with Crippen LogP contribution in [0.25, 0.3) is 0 Å². The molecule has 2 unspecified atom stereocenters. The molecular weight excluding hydrogens is 461 g/mol. The normalized spacial score (nSPS) is 25.4. The maximum absolute atomic E-state index is 9.39. The average Bonchev–Trinajstić information content (AvgIpc) is 3.40. The number of aliphatic hydroxyl groups excluding tert-OH is 1. The van der Waals surface area contributed by atoms with Crippen LogP contribution in [0.5, 0.6) is 0 Å². The van der Waals surface area contributed by atoms with Crippen LogP contribution in [0.3, 0.4) is 0 Å². The third-order valence-electron chi connectivity index (χ3n) is 5.23. The molecule has 2 saturated heterocycles. The molecule has 0 radical (unpaired) electrons. The molecular formula is C19H32IN3O4. The SMILES string of the molecule is I.OCCC1(CN=C(NCCc2ccco2)NCC2CCOC2)CCOC1. The van der Waals surface area contributed by atoms with Crippen LogP contribution in [0.15, 0.2) is 27.8 Å². The van der Waals surface area contributed by atoms with E-state index in [9.17, 15) is 5.11 Å². The maximum Gasteiger partial charge on any atom is 0.191 e. The van der Waals surface area contributed by atoms with E-state index in [0.29, 0.717) is 19.1 Å². The van der Waals surface area contributed by atoms with Gasteiger partial charge in [0.1, 0.15) is 5.76 Å². The smallest absolute Gasteiger partial charge is 0.191 e. The topological polar surface area (TPSA) is 88.3 Å². The molecule has 3 rings (SSSR count). The molecule has 2 aliphatic rings. The Kier molecular flexibility index (Phi) is 9.88. The Morgan fingerprint density at radius 2 is 2.22 bits per heavy atom. The quantitative estimate of drug-likeness (QED) is 0.276. The van der Waals surface area contributed by atoms with Crippen LogP contribution >= 0.6 is 24.0 Å². The van der Waals surface area contributed by atoms with Gasteiger partial charge in [-0.15, -0.1) is 24.0 Å². The second-order valence-corrected chi connectivity index (χ2v) is 7.31. The van der Waals surface area contributed by atoms with E-state index in [4.69, 9.17) is 18.9 Å². The second-order valence-electron chi connectivity index (χ2n) is 7.31. The third kappa shape index (κ3) is 7.24. The molecule has 3 N–H and O–H groups in total. The van der Waals surface area contributed by atoms with Gasteiger partial charge in [-0.05, 0) is 31.4 Å². The van der Waals surface area contributed by atoms with Gasteiger partial charge >= 0.3 is 0 Å². The number of rotatable bonds is 9. The number of aliphatic hydroxyl groups is 1. The van der Waals surface area contributed by atoms with Crippen LogP contribution in [-0.2, 0) is 15.9 Å². The van der Waals surface area contributed by atoms with E-state index in [2.05, 4.69) is 10.6 Å². The predicted molar refractivity (Wildman–Crippen MR) is 115 cm³/mol. The van der Waals surface area contributed by atoms with Gasteiger partial charge in [0.25, 0.3) is 0 Å². The number of halogens is 1. The Morgan fingerprint density at radius 1 is 1.30 bits per heavy atom. The van der Waals surface area contributed by atoms with Gasteiger partial charge in [-0.25, -0.2) is 0 Å². The molecule has 2 aliphatic heterocycles. The number of aliphatic imine (C=N–C) groups is 1. The maximum atomic E-state index is 9.39. The average molecular weight is 493 g/mol.